The highest BCUT2D eigenvalue weighted by atomic mass is 16.2. The number of amides is 1. The van der Waals surface area contributed by atoms with Gasteiger partial charge in [0.1, 0.15) is 0 Å². The highest BCUT2D eigenvalue weighted by molar-refractivity contribution is 5.83. The van der Waals surface area contributed by atoms with E-state index in [9.17, 15) is 4.79 Å². The largest absolute Gasteiger partial charge is 0.361 e. The molecule has 2 fully saturated rings. The standard InChI is InChI=1S/C19H25N3O/c1-2-21(13-14-5-8-17-15(12-14)9-10-20-17)19(23)18-4-3-11-22(18)16-6-7-16/h5,8-10,12,16,18,20H,2-4,6-7,11,13H2,1H3/t18-/m1/s1. The Morgan fingerprint density at radius 1 is 1.30 bits per heavy atom. The second-order valence-electron chi connectivity index (χ2n) is 6.88. The first kappa shape index (κ1) is 14.8. The molecule has 1 N–H and O–H groups in total. The smallest absolute Gasteiger partial charge is 0.240 e. The van der Waals surface area contributed by atoms with Crippen molar-refractivity contribution in [2.24, 2.45) is 0 Å². The number of rotatable bonds is 5. The minimum absolute atomic E-state index is 0.124. The maximum atomic E-state index is 13.0. The van der Waals surface area contributed by atoms with E-state index in [-0.39, 0.29) is 6.04 Å². The number of hydrogen-bond acceptors (Lipinski definition) is 2. The van der Waals surface area contributed by atoms with E-state index in [1.807, 2.05) is 11.1 Å². The molecule has 1 saturated heterocycles. The van der Waals surface area contributed by atoms with E-state index >= 15 is 0 Å². The fraction of sp³-hybridized carbons (Fsp3) is 0.526. The van der Waals surface area contributed by atoms with Crippen LogP contribution in [0.15, 0.2) is 30.5 Å². The highest BCUT2D eigenvalue weighted by Crippen LogP contribution is 2.34. The zero-order valence-corrected chi connectivity index (χ0v) is 13.8. The molecular weight excluding hydrogens is 286 g/mol. The van der Waals surface area contributed by atoms with E-state index in [1.54, 1.807) is 0 Å². The molecule has 2 heterocycles. The normalized spacial score (nSPS) is 21.9. The lowest BCUT2D eigenvalue weighted by Crippen LogP contribution is -2.46. The van der Waals surface area contributed by atoms with Crippen molar-refractivity contribution < 1.29 is 4.79 Å². The van der Waals surface area contributed by atoms with Crippen LogP contribution < -0.4 is 0 Å². The molecule has 0 spiro atoms. The fourth-order valence-electron chi connectivity index (χ4n) is 3.88. The summed E-state index contributed by atoms with van der Waals surface area (Å²) in [5.41, 5.74) is 2.36. The van der Waals surface area contributed by atoms with Crippen LogP contribution in [0.2, 0.25) is 0 Å². The lowest BCUT2D eigenvalue weighted by atomic mass is 10.1. The van der Waals surface area contributed by atoms with Crippen LogP contribution in [0, 0.1) is 0 Å². The van der Waals surface area contributed by atoms with Crippen molar-refractivity contribution in [2.75, 3.05) is 13.1 Å². The van der Waals surface area contributed by atoms with Gasteiger partial charge in [-0.2, -0.15) is 0 Å². The molecule has 4 nitrogen and oxygen atoms in total. The molecule has 23 heavy (non-hydrogen) atoms. The zero-order valence-electron chi connectivity index (χ0n) is 13.8. The van der Waals surface area contributed by atoms with Crippen molar-refractivity contribution in [2.45, 2.75) is 51.2 Å². The van der Waals surface area contributed by atoms with Gasteiger partial charge in [-0.25, -0.2) is 0 Å². The van der Waals surface area contributed by atoms with Gasteiger partial charge in [0, 0.05) is 30.8 Å². The van der Waals surface area contributed by atoms with Crippen molar-refractivity contribution in [3.8, 4) is 0 Å². The van der Waals surface area contributed by atoms with Gasteiger partial charge >= 0.3 is 0 Å². The summed E-state index contributed by atoms with van der Waals surface area (Å²) >= 11 is 0. The number of nitrogens with one attached hydrogen (secondary N) is 1. The predicted octanol–water partition coefficient (Wildman–Crippen LogP) is 3.14. The molecule has 2 aromatic rings. The lowest BCUT2D eigenvalue weighted by Gasteiger charge is -2.29. The van der Waals surface area contributed by atoms with Crippen LogP contribution >= 0.6 is 0 Å². The second-order valence-corrected chi connectivity index (χ2v) is 6.88. The van der Waals surface area contributed by atoms with Crippen molar-refractivity contribution in [1.82, 2.24) is 14.8 Å². The molecule has 0 radical (unpaired) electrons. The molecule has 1 aliphatic carbocycles. The third kappa shape index (κ3) is 2.88. The van der Waals surface area contributed by atoms with Crippen molar-refractivity contribution in [3.63, 3.8) is 0 Å². The number of nitrogens with zero attached hydrogens (tertiary/aromatic N) is 2. The van der Waals surface area contributed by atoms with Crippen LogP contribution in [0.4, 0.5) is 0 Å². The Balaban J connectivity index is 1.49. The van der Waals surface area contributed by atoms with Gasteiger partial charge in [-0.05, 0) is 68.3 Å². The summed E-state index contributed by atoms with van der Waals surface area (Å²) in [5.74, 6) is 0.325. The lowest BCUT2D eigenvalue weighted by molar-refractivity contribution is -0.136. The van der Waals surface area contributed by atoms with E-state index in [0.717, 1.165) is 25.0 Å². The second kappa shape index (κ2) is 6.00. The molecule has 1 aromatic carbocycles. The van der Waals surface area contributed by atoms with Crippen LogP contribution in [-0.4, -0.2) is 45.9 Å². The Morgan fingerprint density at radius 2 is 2.17 bits per heavy atom. The Morgan fingerprint density at radius 3 is 2.96 bits per heavy atom. The molecule has 0 bridgehead atoms. The Kier molecular flexibility index (Phi) is 3.85. The number of hydrogen-bond donors (Lipinski definition) is 1. The molecule has 0 unspecified atom stereocenters. The van der Waals surface area contributed by atoms with Gasteiger partial charge in [-0.1, -0.05) is 6.07 Å². The van der Waals surface area contributed by atoms with Crippen LogP contribution in [0.25, 0.3) is 10.9 Å². The monoisotopic (exact) mass is 311 g/mol. The SMILES string of the molecule is CCN(Cc1ccc2[nH]ccc2c1)C(=O)[C@H]1CCCN1C1CC1. The number of carbonyl (C=O) groups is 1. The van der Waals surface area contributed by atoms with E-state index in [4.69, 9.17) is 0 Å². The fourth-order valence-corrected chi connectivity index (χ4v) is 3.88. The van der Waals surface area contributed by atoms with E-state index in [1.165, 1.54) is 30.2 Å². The minimum Gasteiger partial charge on any atom is -0.361 e. The topological polar surface area (TPSA) is 39.3 Å². The molecule has 1 atom stereocenters. The molecule has 2 aliphatic rings. The van der Waals surface area contributed by atoms with Crippen LogP contribution in [0.3, 0.4) is 0 Å². The first-order chi connectivity index (χ1) is 11.3. The van der Waals surface area contributed by atoms with E-state index in [2.05, 4.69) is 41.1 Å². The molecule has 4 heteroatoms. The highest BCUT2D eigenvalue weighted by Gasteiger charge is 2.41. The summed E-state index contributed by atoms with van der Waals surface area (Å²) in [5, 5.41) is 1.21. The number of fused-ring (bicyclic) bond motifs is 1. The number of H-pyrrole nitrogens is 1. The van der Waals surface area contributed by atoms with Gasteiger partial charge in [0.05, 0.1) is 6.04 Å². The molecule has 1 aromatic heterocycles. The molecule has 1 aliphatic heterocycles. The summed E-state index contributed by atoms with van der Waals surface area (Å²) in [4.78, 5) is 20.7. The van der Waals surface area contributed by atoms with Gasteiger partial charge in [0.2, 0.25) is 5.91 Å². The molecule has 4 rings (SSSR count). The van der Waals surface area contributed by atoms with Crippen molar-refractivity contribution in [3.05, 3.63) is 36.0 Å². The maximum absolute atomic E-state index is 13.0. The summed E-state index contributed by atoms with van der Waals surface area (Å²) in [7, 11) is 0. The third-order valence-electron chi connectivity index (χ3n) is 5.28. The minimum atomic E-state index is 0.124. The Bertz CT molecular complexity index is 703. The third-order valence-corrected chi connectivity index (χ3v) is 5.28. The summed E-state index contributed by atoms with van der Waals surface area (Å²) in [6.45, 7) is 4.68. The quantitative estimate of drug-likeness (QED) is 0.921. The van der Waals surface area contributed by atoms with Gasteiger partial charge in [-0.15, -0.1) is 0 Å². The van der Waals surface area contributed by atoms with Crippen LogP contribution in [0.1, 0.15) is 38.2 Å². The van der Waals surface area contributed by atoms with Gasteiger partial charge < -0.3 is 9.88 Å². The number of carbonyl (C=O) groups excluding carboxylic acids is 1. The van der Waals surface area contributed by atoms with E-state index in [0.29, 0.717) is 18.5 Å². The van der Waals surface area contributed by atoms with Crippen molar-refractivity contribution in [1.29, 1.82) is 0 Å². The predicted molar refractivity (Wildman–Crippen MR) is 92.1 cm³/mol. The van der Waals surface area contributed by atoms with Crippen LogP contribution in [0.5, 0.6) is 0 Å². The zero-order chi connectivity index (χ0) is 15.8. The summed E-state index contributed by atoms with van der Waals surface area (Å²) < 4.78 is 0. The van der Waals surface area contributed by atoms with Crippen molar-refractivity contribution >= 4 is 16.8 Å². The Labute approximate surface area is 137 Å². The number of aromatic nitrogens is 1. The van der Waals surface area contributed by atoms with Gasteiger partial charge in [0.25, 0.3) is 0 Å². The number of likely N-dealkylation sites (N-methyl/N-ethyl adjacent to an activating group) is 1. The summed E-state index contributed by atoms with van der Waals surface area (Å²) in [6.07, 6.45) is 6.71. The molecule has 1 saturated carbocycles. The summed E-state index contributed by atoms with van der Waals surface area (Å²) in [6, 6.07) is 9.31. The van der Waals surface area contributed by atoms with Crippen LogP contribution in [-0.2, 0) is 11.3 Å². The first-order valence-corrected chi connectivity index (χ1v) is 8.87. The van der Waals surface area contributed by atoms with Gasteiger partial charge in [0.15, 0.2) is 0 Å². The number of benzene rings is 1. The van der Waals surface area contributed by atoms with E-state index < -0.39 is 0 Å². The Hall–Kier alpha value is -1.81. The number of likely N-dealkylation sites (tertiary alicyclic amines) is 1. The average Bonchev–Trinajstić information content (AvgIpc) is 3.12. The first-order valence-electron chi connectivity index (χ1n) is 8.87. The average molecular weight is 311 g/mol. The number of aromatic amines is 1. The maximum Gasteiger partial charge on any atom is 0.240 e. The van der Waals surface area contributed by atoms with Gasteiger partial charge in [-0.3, -0.25) is 9.69 Å². The molecular formula is C19H25N3O. The molecule has 1 amide bonds. The molecule has 122 valence electrons.